The number of piperidine rings is 1. The highest BCUT2D eigenvalue weighted by Gasteiger charge is 2.20. The van der Waals surface area contributed by atoms with Gasteiger partial charge in [-0.1, -0.05) is 47.7 Å². The van der Waals surface area contributed by atoms with E-state index in [4.69, 9.17) is 0 Å². The van der Waals surface area contributed by atoms with E-state index in [-0.39, 0.29) is 0 Å². The lowest BCUT2D eigenvalue weighted by molar-refractivity contribution is 0.194. The van der Waals surface area contributed by atoms with Crippen molar-refractivity contribution < 1.29 is 0 Å². The van der Waals surface area contributed by atoms with Gasteiger partial charge in [0.15, 0.2) is 0 Å². The molecule has 0 unspecified atom stereocenters. The van der Waals surface area contributed by atoms with Gasteiger partial charge in [-0.3, -0.25) is 4.90 Å². The summed E-state index contributed by atoms with van der Waals surface area (Å²) in [6.45, 7) is 4.10. The zero-order valence-corrected chi connectivity index (χ0v) is 14.7. The molecule has 128 valence electrons. The van der Waals surface area contributed by atoms with Crippen LogP contribution in [0.15, 0.2) is 42.6 Å². The normalized spacial score (nSPS) is 17.1. The number of hydrogen-bond donors (Lipinski definition) is 0. The summed E-state index contributed by atoms with van der Waals surface area (Å²) in [5, 5.41) is 8.61. The van der Waals surface area contributed by atoms with Crippen LogP contribution in [0, 0.1) is 0 Å². The molecule has 5 heteroatoms. The molecule has 2 heterocycles. The van der Waals surface area contributed by atoms with Crippen LogP contribution < -0.4 is 0 Å². The maximum Gasteiger partial charge on any atom is 0.0967 e. The molecule has 2 aromatic rings. The predicted molar refractivity (Wildman–Crippen MR) is 97.6 cm³/mol. The first kappa shape index (κ1) is 16.9. The third-order valence-electron chi connectivity index (χ3n) is 4.44. The summed E-state index contributed by atoms with van der Waals surface area (Å²) in [6, 6.07) is 11.0. The predicted octanol–water partition coefficient (Wildman–Crippen LogP) is 2.69. The molecule has 0 radical (unpaired) electrons. The van der Waals surface area contributed by atoms with Gasteiger partial charge in [0.05, 0.1) is 17.9 Å². The van der Waals surface area contributed by atoms with Crippen LogP contribution in [0.5, 0.6) is 0 Å². The largest absolute Gasteiger partial charge is 0.303 e. The average Bonchev–Trinajstić information content (AvgIpc) is 3.04. The lowest BCUT2D eigenvalue weighted by atomic mass is 10.1. The van der Waals surface area contributed by atoms with E-state index in [0.717, 1.165) is 44.7 Å². The van der Waals surface area contributed by atoms with Crippen molar-refractivity contribution in [1.29, 1.82) is 0 Å². The molecule has 0 N–H and O–H groups in total. The Morgan fingerprint density at radius 1 is 1.17 bits per heavy atom. The molecule has 0 spiro atoms. The number of benzene rings is 1. The minimum absolute atomic E-state index is 0.489. The van der Waals surface area contributed by atoms with Gasteiger partial charge < -0.3 is 4.90 Å². The number of nitrogens with zero attached hydrogens (tertiary/aromatic N) is 5. The molecule has 1 aromatic heterocycles. The van der Waals surface area contributed by atoms with Gasteiger partial charge in [0.2, 0.25) is 0 Å². The second kappa shape index (κ2) is 8.22. The highest BCUT2D eigenvalue weighted by molar-refractivity contribution is 5.48. The van der Waals surface area contributed by atoms with Crippen molar-refractivity contribution in [1.82, 2.24) is 24.8 Å². The van der Waals surface area contributed by atoms with E-state index < -0.39 is 0 Å². The van der Waals surface area contributed by atoms with Crippen LogP contribution in [0.2, 0.25) is 0 Å². The summed E-state index contributed by atoms with van der Waals surface area (Å²) in [4.78, 5) is 4.63. The van der Waals surface area contributed by atoms with Gasteiger partial charge >= 0.3 is 0 Å². The topological polar surface area (TPSA) is 37.2 Å². The first-order valence-electron chi connectivity index (χ1n) is 8.70. The molecule has 0 aliphatic carbocycles. The molecule has 0 bridgehead atoms. The number of likely N-dealkylation sites (tertiary alicyclic amines) is 1. The fourth-order valence-corrected chi connectivity index (χ4v) is 3.16. The summed E-state index contributed by atoms with van der Waals surface area (Å²) in [6.07, 6.45) is 8.86. The molecular formula is C19H27N5. The first-order chi connectivity index (χ1) is 11.7. The zero-order chi connectivity index (χ0) is 16.8. The fraction of sp³-hybridized carbons (Fsp3) is 0.474. The van der Waals surface area contributed by atoms with E-state index in [0.29, 0.717) is 6.04 Å². The van der Waals surface area contributed by atoms with Crippen molar-refractivity contribution in [2.24, 2.45) is 0 Å². The van der Waals surface area contributed by atoms with Crippen molar-refractivity contribution in [2.45, 2.75) is 25.4 Å². The van der Waals surface area contributed by atoms with E-state index in [9.17, 15) is 0 Å². The summed E-state index contributed by atoms with van der Waals surface area (Å²) in [5.41, 5.74) is 2.32. The van der Waals surface area contributed by atoms with Crippen LogP contribution in [0.25, 0.3) is 6.08 Å². The van der Waals surface area contributed by atoms with E-state index in [1.807, 2.05) is 0 Å². The summed E-state index contributed by atoms with van der Waals surface area (Å²) >= 11 is 0. The van der Waals surface area contributed by atoms with E-state index in [1.54, 1.807) is 0 Å². The fourth-order valence-electron chi connectivity index (χ4n) is 3.16. The minimum atomic E-state index is 0.489. The van der Waals surface area contributed by atoms with Gasteiger partial charge in [0.25, 0.3) is 0 Å². The second-order valence-electron chi connectivity index (χ2n) is 6.77. The molecule has 0 atom stereocenters. The number of rotatable bonds is 6. The van der Waals surface area contributed by atoms with E-state index in [1.165, 1.54) is 5.56 Å². The lowest BCUT2D eigenvalue weighted by Crippen LogP contribution is -2.34. The summed E-state index contributed by atoms with van der Waals surface area (Å²) in [5.74, 6) is 0. The van der Waals surface area contributed by atoms with Crippen LogP contribution >= 0.6 is 0 Å². The first-order valence-corrected chi connectivity index (χ1v) is 8.70. The van der Waals surface area contributed by atoms with Crippen LogP contribution in [0.4, 0.5) is 0 Å². The highest BCUT2D eigenvalue weighted by atomic mass is 15.4. The van der Waals surface area contributed by atoms with Gasteiger partial charge in [-0.2, -0.15) is 0 Å². The van der Waals surface area contributed by atoms with Gasteiger partial charge in [0.1, 0.15) is 0 Å². The Labute approximate surface area is 144 Å². The third kappa shape index (κ3) is 4.76. The number of aromatic nitrogens is 3. The number of hydrogen-bond acceptors (Lipinski definition) is 4. The Kier molecular flexibility index (Phi) is 5.77. The Morgan fingerprint density at radius 3 is 2.62 bits per heavy atom. The molecule has 1 aliphatic heterocycles. The van der Waals surface area contributed by atoms with Gasteiger partial charge in [-0.05, 0) is 32.5 Å². The van der Waals surface area contributed by atoms with Gasteiger partial charge in [-0.25, -0.2) is 4.68 Å². The average molecular weight is 325 g/mol. The lowest BCUT2D eigenvalue weighted by Gasteiger charge is -2.30. The quantitative estimate of drug-likeness (QED) is 0.818. The SMILES string of the molecule is CN(C)Cc1cn(C2CCN(C/C=C/c3ccccc3)CC2)nn1. The standard InChI is InChI=1S/C19H27N5/c1-22(2)15-18-16-24(21-20-18)19-10-13-23(14-11-19)12-6-9-17-7-4-3-5-8-17/h3-9,16,19H,10-15H2,1-2H3/b9-6+. The maximum absolute atomic E-state index is 4.33. The summed E-state index contributed by atoms with van der Waals surface area (Å²) in [7, 11) is 4.11. The Bertz CT molecular complexity index is 639. The Hall–Kier alpha value is -1.98. The van der Waals surface area contributed by atoms with Crippen molar-refractivity contribution in [2.75, 3.05) is 33.7 Å². The molecule has 0 amide bonds. The van der Waals surface area contributed by atoms with Crippen LogP contribution in [0.1, 0.15) is 30.1 Å². The molecule has 0 saturated carbocycles. The third-order valence-corrected chi connectivity index (χ3v) is 4.44. The maximum atomic E-state index is 4.33. The Balaban J connectivity index is 1.45. The monoisotopic (exact) mass is 325 g/mol. The van der Waals surface area contributed by atoms with Crippen molar-refractivity contribution in [3.05, 3.63) is 53.9 Å². The highest BCUT2D eigenvalue weighted by Crippen LogP contribution is 2.21. The van der Waals surface area contributed by atoms with E-state index >= 15 is 0 Å². The van der Waals surface area contributed by atoms with Crippen molar-refractivity contribution in [3.63, 3.8) is 0 Å². The second-order valence-corrected chi connectivity index (χ2v) is 6.77. The molecule has 3 rings (SSSR count). The molecular weight excluding hydrogens is 298 g/mol. The molecule has 1 aliphatic rings. The molecule has 24 heavy (non-hydrogen) atoms. The Morgan fingerprint density at radius 2 is 1.92 bits per heavy atom. The molecule has 1 aromatic carbocycles. The molecule has 1 fully saturated rings. The van der Waals surface area contributed by atoms with Crippen LogP contribution in [0.3, 0.4) is 0 Å². The minimum Gasteiger partial charge on any atom is -0.303 e. The van der Waals surface area contributed by atoms with Crippen molar-refractivity contribution >= 4 is 6.08 Å². The molecule has 1 saturated heterocycles. The van der Waals surface area contributed by atoms with Crippen LogP contribution in [-0.2, 0) is 6.54 Å². The van der Waals surface area contributed by atoms with Gasteiger partial charge in [0, 0.05) is 26.2 Å². The van der Waals surface area contributed by atoms with Crippen molar-refractivity contribution in [3.8, 4) is 0 Å². The van der Waals surface area contributed by atoms with Crippen LogP contribution in [-0.4, -0.2) is 58.5 Å². The smallest absolute Gasteiger partial charge is 0.0967 e. The zero-order valence-electron chi connectivity index (χ0n) is 14.7. The van der Waals surface area contributed by atoms with E-state index in [2.05, 4.69) is 87.6 Å². The summed E-state index contributed by atoms with van der Waals surface area (Å²) < 4.78 is 2.07. The van der Waals surface area contributed by atoms with Gasteiger partial charge in [-0.15, -0.1) is 5.10 Å². The molecule has 5 nitrogen and oxygen atoms in total.